The summed E-state index contributed by atoms with van der Waals surface area (Å²) in [6.45, 7) is 0. The van der Waals surface area contributed by atoms with Gasteiger partial charge in [0.1, 0.15) is 17.7 Å². The van der Waals surface area contributed by atoms with Crippen molar-refractivity contribution < 1.29 is 9.18 Å². The fourth-order valence-electron chi connectivity index (χ4n) is 2.71. The number of imidazole rings is 1. The van der Waals surface area contributed by atoms with E-state index >= 15 is 0 Å². The lowest BCUT2D eigenvalue weighted by Crippen LogP contribution is -2.32. The van der Waals surface area contributed by atoms with E-state index in [0.717, 1.165) is 0 Å². The summed E-state index contributed by atoms with van der Waals surface area (Å²) in [5.41, 5.74) is 1.14. The van der Waals surface area contributed by atoms with Crippen molar-refractivity contribution in [2.24, 2.45) is 7.05 Å². The summed E-state index contributed by atoms with van der Waals surface area (Å²) >= 11 is 12.3. The normalized spacial score (nSPS) is 12.0. The Kier molecular flexibility index (Phi) is 5.59. The van der Waals surface area contributed by atoms with Gasteiger partial charge >= 0.3 is 0 Å². The minimum atomic E-state index is -0.598. The first-order valence-corrected chi connectivity index (χ1v) is 8.66. The quantitative estimate of drug-likeness (QED) is 0.703. The maximum atomic E-state index is 13.7. The average molecular weight is 392 g/mol. The molecule has 1 aromatic heterocycles. The van der Waals surface area contributed by atoms with Crippen LogP contribution in [0.15, 0.2) is 54.9 Å². The highest BCUT2D eigenvalue weighted by atomic mass is 35.5. The van der Waals surface area contributed by atoms with Gasteiger partial charge in [-0.25, -0.2) is 9.37 Å². The van der Waals surface area contributed by atoms with Crippen molar-refractivity contribution in [2.45, 2.75) is 12.5 Å². The number of carbonyl (C=O) groups excluding carboxylic acids is 1. The highest BCUT2D eigenvalue weighted by Crippen LogP contribution is 2.26. The Balaban J connectivity index is 1.89. The molecule has 7 heteroatoms. The number of carbonyl (C=O) groups is 1. The molecule has 4 nitrogen and oxygen atoms in total. The molecule has 1 amide bonds. The second kappa shape index (κ2) is 7.89. The molecule has 0 saturated heterocycles. The lowest BCUT2D eigenvalue weighted by molar-refractivity contribution is -0.121. The maximum Gasteiger partial charge on any atom is 0.225 e. The summed E-state index contributed by atoms with van der Waals surface area (Å²) in [5, 5.41) is 3.75. The Bertz CT molecular complexity index is 922. The average Bonchev–Trinajstić information content (AvgIpc) is 3.02. The smallest absolute Gasteiger partial charge is 0.225 e. The van der Waals surface area contributed by atoms with Crippen LogP contribution in [0.4, 0.5) is 4.39 Å². The minimum Gasteiger partial charge on any atom is -0.342 e. The molecule has 0 aliphatic rings. The van der Waals surface area contributed by atoms with Gasteiger partial charge in [-0.15, -0.1) is 0 Å². The largest absolute Gasteiger partial charge is 0.342 e. The SMILES string of the molecule is Cn1ccnc1C(NC(=O)Cc1c(Cl)cccc1Cl)c1cccc(F)c1. The number of hydrogen-bond donors (Lipinski definition) is 1. The molecular weight excluding hydrogens is 376 g/mol. The lowest BCUT2D eigenvalue weighted by Gasteiger charge is -2.19. The first-order valence-electron chi connectivity index (χ1n) is 7.90. The molecule has 3 rings (SSSR count). The molecule has 0 aliphatic carbocycles. The number of rotatable bonds is 5. The number of aryl methyl sites for hydroxylation is 1. The third-order valence-electron chi connectivity index (χ3n) is 4.00. The second-order valence-electron chi connectivity index (χ2n) is 5.83. The molecule has 2 aromatic carbocycles. The maximum absolute atomic E-state index is 13.7. The first kappa shape index (κ1) is 18.4. The Morgan fingerprint density at radius 2 is 1.92 bits per heavy atom. The Labute approximate surface area is 160 Å². The van der Waals surface area contributed by atoms with Crippen LogP contribution in [0.3, 0.4) is 0 Å². The van der Waals surface area contributed by atoms with Crippen LogP contribution in [0.1, 0.15) is 23.0 Å². The highest BCUT2D eigenvalue weighted by Gasteiger charge is 2.22. The molecular formula is C19H16Cl2FN3O. The monoisotopic (exact) mass is 391 g/mol. The van der Waals surface area contributed by atoms with Crippen molar-refractivity contribution in [1.29, 1.82) is 0 Å². The summed E-state index contributed by atoms with van der Waals surface area (Å²) in [6, 6.07) is 10.5. The number of amides is 1. The van der Waals surface area contributed by atoms with Gasteiger partial charge in [0.05, 0.1) is 6.42 Å². The molecule has 0 spiro atoms. The van der Waals surface area contributed by atoms with Gasteiger partial charge in [-0.05, 0) is 35.4 Å². The third kappa shape index (κ3) is 4.06. The predicted molar refractivity (Wildman–Crippen MR) is 99.8 cm³/mol. The molecule has 1 N–H and O–H groups in total. The van der Waals surface area contributed by atoms with Crippen molar-refractivity contribution in [3.05, 3.63) is 87.7 Å². The molecule has 26 heavy (non-hydrogen) atoms. The van der Waals surface area contributed by atoms with Crippen LogP contribution in [0.5, 0.6) is 0 Å². The number of nitrogens with one attached hydrogen (secondary N) is 1. The van der Waals surface area contributed by atoms with Gasteiger partial charge in [-0.1, -0.05) is 41.4 Å². The summed E-state index contributed by atoms with van der Waals surface area (Å²) in [4.78, 5) is 16.9. The molecule has 0 bridgehead atoms. The summed E-state index contributed by atoms with van der Waals surface area (Å²) in [6.07, 6.45) is 3.40. The van der Waals surface area contributed by atoms with Crippen molar-refractivity contribution in [3.8, 4) is 0 Å². The van der Waals surface area contributed by atoms with E-state index in [1.54, 1.807) is 47.3 Å². The van der Waals surface area contributed by atoms with Crippen molar-refractivity contribution >= 4 is 29.1 Å². The summed E-state index contributed by atoms with van der Waals surface area (Å²) < 4.78 is 15.5. The summed E-state index contributed by atoms with van der Waals surface area (Å²) in [7, 11) is 1.81. The molecule has 1 heterocycles. The lowest BCUT2D eigenvalue weighted by atomic mass is 10.0. The third-order valence-corrected chi connectivity index (χ3v) is 4.71. The number of aromatic nitrogens is 2. The molecule has 0 aliphatic heterocycles. The number of hydrogen-bond acceptors (Lipinski definition) is 2. The van der Waals surface area contributed by atoms with Gasteiger partial charge in [0, 0.05) is 29.5 Å². The predicted octanol–water partition coefficient (Wildman–Crippen LogP) is 4.31. The number of benzene rings is 2. The molecule has 134 valence electrons. The molecule has 1 atom stereocenters. The van der Waals surface area contributed by atoms with Crippen molar-refractivity contribution in [3.63, 3.8) is 0 Å². The van der Waals surface area contributed by atoms with Crippen molar-refractivity contribution in [1.82, 2.24) is 14.9 Å². The Morgan fingerprint density at radius 3 is 2.54 bits per heavy atom. The number of halogens is 3. The molecule has 0 saturated carbocycles. The van der Waals surface area contributed by atoms with Crippen LogP contribution in [0.25, 0.3) is 0 Å². The fraction of sp³-hybridized carbons (Fsp3) is 0.158. The highest BCUT2D eigenvalue weighted by molar-refractivity contribution is 6.36. The topological polar surface area (TPSA) is 46.9 Å². The molecule has 3 aromatic rings. The molecule has 1 unspecified atom stereocenters. The molecule has 0 radical (unpaired) electrons. The fourth-order valence-corrected chi connectivity index (χ4v) is 3.24. The zero-order valence-corrected chi connectivity index (χ0v) is 15.4. The van der Waals surface area contributed by atoms with Gasteiger partial charge in [0.15, 0.2) is 0 Å². The van der Waals surface area contributed by atoms with Crippen molar-refractivity contribution in [2.75, 3.05) is 0 Å². The van der Waals surface area contributed by atoms with E-state index < -0.39 is 6.04 Å². The van der Waals surface area contributed by atoms with Crippen LogP contribution in [0, 0.1) is 5.82 Å². The number of nitrogens with zero attached hydrogens (tertiary/aromatic N) is 2. The van der Waals surface area contributed by atoms with Crippen LogP contribution in [-0.2, 0) is 18.3 Å². The van der Waals surface area contributed by atoms with E-state index in [4.69, 9.17) is 23.2 Å². The Hall–Kier alpha value is -2.37. The van der Waals surface area contributed by atoms with Gasteiger partial charge in [0.25, 0.3) is 0 Å². The minimum absolute atomic E-state index is 0.00868. The van der Waals surface area contributed by atoms with Crippen LogP contribution in [-0.4, -0.2) is 15.5 Å². The van der Waals surface area contributed by atoms with Crippen LogP contribution in [0.2, 0.25) is 10.0 Å². The second-order valence-corrected chi connectivity index (χ2v) is 6.64. The van der Waals surface area contributed by atoms with E-state index in [9.17, 15) is 9.18 Å². The van der Waals surface area contributed by atoms with E-state index in [1.807, 2.05) is 7.05 Å². The van der Waals surface area contributed by atoms with E-state index in [-0.39, 0.29) is 18.1 Å². The van der Waals surface area contributed by atoms with Gasteiger partial charge < -0.3 is 9.88 Å². The zero-order valence-electron chi connectivity index (χ0n) is 13.9. The van der Waals surface area contributed by atoms with Gasteiger partial charge in [-0.3, -0.25) is 4.79 Å². The Morgan fingerprint density at radius 1 is 1.23 bits per heavy atom. The van der Waals surface area contributed by atoms with E-state index in [1.165, 1.54) is 12.1 Å². The van der Waals surface area contributed by atoms with E-state index in [0.29, 0.717) is 27.0 Å². The standard InChI is InChI=1S/C19H16Cl2FN3O/c1-25-9-8-23-19(25)18(12-4-2-5-13(22)10-12)24-17(26)11-14-15(20)6-3-7-16(14)21/h2-10,18H,11H2,1H3,(H,24,26). The molecule has 0 fully saturated rings. The van der Waals surface area contributed by atoms with Gasteiger partial charge in [0.2, 0.25) is 5.91 Å². The summed E-state index contributed by atoms with van der Waals surface area (Å²) in [5.74, 6) is -0.0865. The first-order chi connectivity index (χ1) is 12.5. The zero-order chi connectivity index (χ0) is 18.7. The van der Waals surface area contributed by atoms with Crippen LogP contribution >= 0.6 is 23.2 Å². The van der Waals surface area contributed by atoms with Crippen LogP contribution < -0.4 is 5.32 Å². The van der Waals surface area contributed by atoms with Gasteiger partial charge in [-0.2, -0.15) is 0 Å². The van der Waals surface area contributed by atoms with E-state index in [2.05, 4.69) is 10.3 Å².